The van der Waals surface area contributed by atoms with Crippen LogP contribution in [-0.4, -0.2) is 25.9 Å². The molecule has 21 heavy (non-hydrogen) atoms. The van der Waals surface area contributed by atoms with Gasteiger partial charge in [0.1, 0.15) is 5.52 Å². The summed E-state index contributed by atoms with van der Waals surface area (Å²) in [7, 11) is 0. The number of benzene rings is 2. The van der Waals surface area contributed by atoms with E-state index in [4.69, 9.17) is 0 Å². The standard InChI is InChI=1S/C17H18N4/c1-2-6-14(7-3-1)12-20(15-10-11-15)13-21-17-9-5-4-8-16(17)18-19-21/h1-9,15H,10-13H2. The van der Waals surface area contributed by atoms with E-state index in [-0.39, 0.29) is 0 Å². The average Bonchev–Trinajstić information content (AvgIpc) is 3.30. The lowest BCUT2D eigenvalue weighted by Gasteiger charge is -2.22. The zero-order valence-corrected chi connectivity index (χ0v) is 11.9. The smallest absolute Gasteiger partial charge is 0.113 e. The highest BCUT2D eigenvalue weighted by molar-refractivity contribution is 5.73. The summed E-state index contributed by atoms with van der Waals surface area (Å²) in [6.07, 6.45) is 2.58. The van der Waals surface area contributed by atoms with Gasteiger partial charge < -0.3 is 0 Å². The first-order chi connectivity index (χ1) is 10.4. The Labute approximate surface area is 124 Å². The van der Waals surface area contributed by atoms with Crippen molar-refractivity contribution >= 4 is 11.0 Å². The molecule has 4 nitrogen and oxygen atoms in total. The molecule has 2 aromatic carbocycles. The summed E-state index contributed by atoms with van der Waals surface area (Å²) < 4.78 is 2.01. The molecule has 3 aromatic rings. The zero-order chi connectivity index (χ0) is 14.1. The average molecular weight is 278 g/mol. The Morgan fingerprint density at radius 3 is 2.57 bits per heavy atom. The summed E-state index contributed by atoms with van der Waals surface area (Å²) in [5.74, 6) is 0. The molecule has 0 radical (unpaired) electrons. The molecule has 1 saturated carbocycles. The SMILES string of the molecule is c1ccc(CN(Cn2nnc3ccccc32)C2CC2)cc1. The third-order valence-electron chi connectivity index (χ3n) is 4.03. The Morgan fingerprint density at radius 1 is 1.00 bits per heavy atom. The molecule has 0 N–H and O–H groups in total. The van der Waals surface area contributed by atoms with E-state index in [9.17, 15) is 0 Å². The number of para-hydroxylation sites is 1. The number of hydrogen-bond acceptors (Lipinski definition) is 3. The maximum Gasteiger partial charge on any atom is 0.113 e. The molecule has 0 aliphatic heterocycles. The van der Waals surface area contributed by atoms with Gasteiger partial charge in [0.2, 0.25) is 0 Å². The molecule has 1 aromatic heterocycles. The number of aromatic nitrogens is 3. The molecule has 4 rings (SSSR count). The first-order valence-electron chi connectivity index (χ1n) is 7.46. The van der Waals surface area contributed by atoms with E-state index < -0.39 is 0 Å². The van der Waals surface area contributed by atoms with Crippen LogP contribution in [0.2, 0.25) is 0 Å². The van der Waals surface area contributed by atoms with Crippen LogP contribution < -0.4 is 0 Å². The molecule has 1 aliphatic carbocycles. The first kappa shape index (κ1) is 12.5. The van der Waals surface area contributed by atoms with Gasteiger partial charge in [-0.2, -0.15) is 0 Å². The van der Waals surface area contributed by atoms with E-state index >= 15 is 0 Å². The molecule has 0 saturated heterocycles. The van der Waals surface area contributed by atoms with E-state index in [0.29, 0.717) is 6.04 Å². The minimum atomic E-state index is 0.688. The van der Waals surface area contributed by atoms with Crippen LogP contribution in [0, 0.1) is 0 Å². The van der Waals surface area contributed by atoms with Crippen molar-refractivity contribution in [2.75, 3.05) is 0 Å². The van der Waals surface area contributed by atoms with Crippen LogP contribution in [-0.2, 0) is 13.2 Å². The molecular formula is C17H18N4. The highest BCUT2D eigenvalue weighted by Crippen LogP contribution is 2.29. The fourth-order valence-electron chi connectivity index (χ4n) is 2.75. The maximum atomic E-state index is 4.31. The second-order valence-corrected chi connectivity index (χ2v) is 5.68. The Hall–Kier alpha value is -2.20. The van der Waals surface area contributed by atoms with Gasteiger partial charge >= 0.3 is 0 Å². The topological polar surface area (TPSA) is 34.0 Å². The van der Waals surface area contributed by atoms with Gasteiger partial charge in [-0.1, -0.05) is 47.7 Å². The van der Waals surface area contributed by atoms with Crippen molar-refractivity contribution in [2.24, 2.45) is 0 Å². The van der Waals surface area contributed by atoms with Crippen molar-refractivity contribution in [3.8, 4) is 0 Å². The highest BCUT2D eigenvalue weighted by atomic mass is 15.5. The second kappa shape index (κ2) is 5.30. The third-order valence-corrected chi connectivity index (χ3v) is 4.03. The van der Waals surface area contributed by atoms with Crippen LogP contribution in [0.1, 0.15) is 18.4 Å². The number of rotatable bonds is 5. The summed E-state index contributed by atoms with van der Waals surface area (Å²) in [6.45, 7) is 1.78. The van der Waals surface area contributed by atoms with Crippen molar-refractivity contribution in [1.29, 1.82) is 0 Å². The van der Waals surface area contributed by atoms with Gasteiger partial charge in [0.25, 0.3) is 0 Å². The lowest BCUT2D eigenvalue weighted by atomic mass is 10.2. The minimum absolute atomic E-state index is 0.688. The van der Waals surface area contributed by atoms with Crippen molar-refractivity contribution in [3.63, 3.8) is 0 Å². The molecule has 0 bridgehead atoms. The van der Waals surface area contributed by atoms with Gasteiger partial charge in [0.15, 0.2) is 0 Å². The normalized spacial score (nSPS) is 14.9. The quantitative estimate of drug-likeness (QED) is 0.719. The molecule has 0 spiro atoms. The summed E-state index contributed by atoms with van der Waals surface area (Å²) in [6, 6.07) is 19.5. The van der Waals surface area contributed by atoms with Gasteiger partial charge in [0.05, 0.1) is 12.2 Å². The van der Waals surface area contributed by atoms with E-state index in [2.05, 4.69) is 51.6 Å². The Kier molecular flexibility index (Phi) is 3.16. The Bertz CT molecular complexity index is 731. The lowest BCUT2D eigenvalue weighted by molar-refractivity contribution is 0.190. The molecule has 4 heteroatoms. The molecule has 1 aliphatic rings. The fraction of sp³-hybridized carbons (Fsp3) is 0.294. The Morgan fingerprint density at radius 2 is 1.76 bits per heavy atom. The van der Waals surface area contributed by atoms with Gasteiger partial charge in [-0.05, 0) is 30.5 Å². The maximum absolute atomic E-state index is 4.31. The Balaban J connectivity index is 1.58. The predicted molar refractivity (Wildman–Crippen MR) is 82.5 cm³/mol. The molecule has 0 atom stereocenters. The third kappa shape index (κ3) is 2.67. The van der Waals surface area contributed by atoms with Crippen LogP contribution in [0.4, 0.5) is 0 Å². The number of hydrogen-bond donors (Lipinski definition) is 0. The zero-order valence-electron chi connectivity index (χ0n) is 11.9. The molecule has 1 heterocycles. The predicted octanol–water partition coefficient (Wildman–Crippen LogP) is 3.05. The monoisotopic (exact) mass is 278 g/mol. The van der Waals surface area contributed by atoms with E-state index in [1.54, 1.807) is 0 Å². The van der Waals surface area contributed by atoms with Gasteiger partial charge in [0, 0.05) is 12.6 Å². The van der Waals surface area contributed by atoms with Gasteiger partial charge in [-0.15, -0.1) is 5.10 Å². The van der Waals surface area contributed by atoms with Crippen LogP contribution in [0.25, 0.3) is 11.0 Å². The van der Waals surface area contributed by atoms with E-state index in [1.807, 2.05) is 22.9 Å². The van der Waals surface area contributed by atoms with Crippen LogP contribution in [0.15, 0.2) is 54.6 Å². The lowest BCUT2D eigenvalue weighted by Crippen LogP contribution is -2.28. The fourth-order valence-corrected chi connectivity index (χ4v) is 2.75. The van der Waals surface area contributed by atoms with Crippen molar-refractivity contribution in [3.05, 3.63) is 60.2 Å². The van der Waals surface area contributed by atoms with Crippen molar-refractivity contribution in [1.82, 2.24) is 19.9 Å². The molecular weight excluding hydrogens is 260 g/mol. The van der Waals surface area contributed by atoms with Crippen molar-refractivity contribution < 1.29 is 0 Å². The van der Waals surface area contributed by atoms with Crippen LogP contribution in [0.5, 0.6) is 0 Å². The highest BCUT2D eigenvalue weighted by Gasteiger charge is 2.29. The van der Waals surface area contributed by atoms with Gasteiger partial charge in [-0.3, -0.25) is 4.90 Å². The first-order valence-corrected chi connectivity index (χ1v) is 7.46. The van der Waals surface area contributed by atoms with E-state index in [0.717, 1.165) is 24.2 Å². The minimum Gasteiger partial charge on any atom is -0.277 e. The van der Waals surface area contributed by atoms with Crippen LogP contribution in [0.3, 0.4) is 0 Å². The van der Waals surface area contributed by atoms with E-state index in [1.165, 1.54) is 18.4 Å². The second-order valence-electron chi connectivity index (χ2n) is 5.68. The molecule has 1 fully saturated rings. The number of nitrogens with zero attached hydrogens (tertiary/aromatic N) is 4. The summed E-state index contributed by atoms with van der Waals surface area (Å²) >= 11 is 0. The summed E-state index contributed by atoms with van der Waals surface area (Å²) in [5, 5.41) is 8.56. The van der Waals surface area contributed by atoms with Gasteiger partial charge in [-0.25, -0.2) is 4.68 Å². The summed E-state index contributed by atoms with van der Waals surface area (Å²) in [4.78, 5) is 2.50. The molecule has 0 unspecified atom stereocenters. The molecule has 106 valence electrons. The molecule has 0 amide bonds. The van der Waals surface area contributed by atoms with Crippen LogP contribution >= 0.6 is 0 Å². The largest absolute Gasteiger partial charge is 0.277 e. The number of fused-ring (bicyclic) bond motifs is 1. The summed E-state index contributed by atoms with van der Waals surface area (Å²) in [5.41, 5.74) is 3.43. The van der Waals surface area contributed by atoms with Crippen molar-refractivity contribution in [2.45, 2.75) is 32.1 Å².